The van der Waals surface area contributed by atoms with Crippen molar-refractivity contribution in [2.45, 2.75) is 25.5 Å². The molecule has 9 heteroatoms. The zero-order valence-electron chi connectivity index (χ0n) is 19.1. The molecule has 36 heavy (non-hydrogen) atoms. The van der Waals surface area contributed by atoms with Crippen LogP contribution in [-0.4, -0.2) is 39.2 Å². The van der Waals surface area contributed by atoms with Gasteiger partial charge in [0.2, 0.25) is 0 Å². The van der Waals surface area contributed by atoms with Gasteiger partial charge in [0.1, 0.15) is 23.1 Å². The van der Waals surface area contributed by atoms with Gasteiger partial charge in [0, 0.05) is 35.0 Å². The van der Waals surface area contributed by atoms with Crippen LogP contribution in [0.3, 0.4) is 0 Å². The van der Waals surface area contributed by atoms with E-state index in [0.29, 0.717) is 27.7 Å². The highest BCUT2D eigenvalue weighted by molar-refractivity contribution is 6.04. The van der Waals surface area contributed by atoms with Gasteiger partial charge in [-0.15, -0.1) is 0 Å². The number of H-pyrrole nitrogens is 1. The molecule has 9 nitrogen and oxygen atoms in total. The Morgan fingerprint density at radius 1 is 1.03 bits per heavy atom. The van der Waals surface area contributed by atoms with Crippen molar-refractivity contribution in [3.63, 3.8) is 0 Å². The molecule has 2 atom stereocenters. The maximum Gasteiger partial charge on any atom is 0.344 e. The number of aromatic hydroxyl groups is 1. The van der Waals surface area contributed by atoms with Crippen molar-refractivity contribution < 1.29 is 29.0 Å². The van der Waals surface area contributed by atoms with E-state index in [0.717, 1.165) is 16.3 Å². The Labute approximate surface area is 203 Å². The third-order valence-electron chi connectivity index (χ3n) is 6.06. The lowest BCUT2D eigenvalue weighted by Gasteiger charge is -2.19. The number of carboxylic acid groups (broad SMARTS) is 1. The summed E-state index contributed by atoms with van der Waals surface area (Å²) < 4.78 is 11.2. The van der Waals surface area contributed by atoms with Gasteiger partial charge in [-0.3, -0.25) is 4.79 Å². The average molecular weight is 486 g/mol. The summed E-state index contributed by atoms with van der Waals surface area (Å²) in [6.07, 6.45) is 0.632. The molecule has 0 unspecified atom stereocenters. The Morgan fingerprint density at radius 3 is 2.58 bits per heavy atom. The number of phenolic OH excluding ortho intramolecular Hbond substituents is 1. The van der Waals surface area contributed by atoms with Gasteiger partial charge >= 0.3 is 11.6 Å². The van der Waals surface area contributed by atoms with Crippen LogP contribution in [-0.2, 0) is 16.0 Å². The van der Waals surface area contributed by atoms with Gasteiger partial charge in [-0.25, -0.2) is 9.59 Å². The van der Waals surface area contributed by atoms with Crippen molar-refractivity contribution in [3.8, 4) is 11.5 Å². The maximum atomic E-state index is 12.8. The van der Waals surface area contributed by atoms with Crippen LogP contribution in [0.5, 0.6) is 11.5 Å². The Kier molecular flexibility index (Phi) is 5.81. The average Bonchev–Trinajstić information content (AvgIpc) is 3.25. The van der Waals surface area contributed by atoms with Crippen LogP contribution < -0.4 is 15.7 Å². The third-order valence-corrected chi connectivity index (χ3v) is 6.06. The monoisotopic (exact) mass is 486 g/mol. The molecule has 0 saturated carbocycles. The van der Waals surface area contributed by atoms with Crippen LogP contribution >= 0.6 is 0 Å². The zero-order valence-corrected chi connectivity index (χ0v) is 19.1. The molecule has 2 aromatic heterocycles. The van der Waals surface area contributed by atoms with Crippen molar-refractivity contribution in [3.05, 3.63) is 82.8 Å². The number of rotatable bonds is 7. The number of aromatic nitrogens is 1. The van der Waals surface area contributed by atoms with Crippen LogP contribution in [0.4, 0.5) is 0 Å². The summed E-state index contributed by atoms with van der Waals surface area (Å²) in [6, 6.07) is 15.6. The van der Waals surface area contributed by atoms with E-state index in [4.69, 9.17) is 9.15 Å². The van der Waals surface area contributed by atoms with E-state index in [1.54, 1.807) is 36.5 Å². The molecule has 0 saturated heterocycles. The second kappa shape index (κ2) is 9.10. The number of benzene rings is 3. The molecule has 1 amide bonds. The topological polar surface area (TPSA) is 142 Å². The van der Waals surface area contributed by atoms with Crippen molar-refractivity contribution in [2.75, 3.05) is 0 Å². The molecule has 0 bridgehead atoms. The molecule has 5 aromatic rings. The number of aliphatic carboxylic acids is 1. The van der Waals surface area contributed by atoms with Gasteiger partial charge in [0.25, 0.3) is 5.91 Å². The predicted octanol–water partition coefficient (Wildman–Crippen LogP) is 3.71. The number of carbonyl (C=O) groups excluding carboxylic acids is 1. The normalized spacial score (nSPS) is 13.0. The molecule has 2 heterocycles. The molecule has 5 rings (SSSR count). The number of aromatic amines is 1. The fraction of sp³-hybridized carbons (Fsp3) is 0.148. The molecular formula is C27H22N2O7. The minimum Gasteiger partial charge on any atom is -0.508 e. The molecule has 4 N–H and O–H groups in total. The van der Waals surface area contributed by atoms with E-state index < -0.39 is 29.6 Å². The van der Waals surface area contributed by atoms with Crippen molar-refractivity contribution in [1.29, 1.82) is 0 Å². The van der Waals surface area contributed by atoms with Gasteiger partial charge in [0.15, 0.2) is 6.10 Å². The first-order chi connectivity index (χ1) is 17.3. The summed E-state index contributed by atoms with van der Waals surface area (Å²) >= 11 is 0. The Bertz CT molecular complexity index is 1680. The molecule has 3 aromatic carbocycles. The van der Waals surface area contributed by atoms with Gasteiger partial charge in [-0.2, -0.15) is 0 Å². The summed E-state index contributed by atoms with van der Waals surface area (Å²) in [6.45, 7) is 1.50. The SMILES string of the molecule is C[C@H](Oc1ccc2c(c1)oc(=O)c1ccccc12)C(=O)N[C@H](Cc1c[nH]c2ccc(O)cc12)C(=O)O. The lowest BCUT2D eigenvalue weighted by atomic mass is 10.0. The number of fused-ring (bicyclic) bond motifs is 4. The lowest BCUT2D eigenvalue weighted by molar-refractivity contribution is -0.142. The molecule has 0 fully saturated rings. The Morgan fingerprint density at radius 2 is 1.81 bits per heavy atom. The largest absolute Gasteiger partial charge is 0.508 e. The van der Waals surface area contributed by atoms with Crippen molar-refractivity contribution in [1.82, 2.24) is 10.3 Å². The van der Waals surface area contributed by atoms with Crippen LogP contribution in [0.25, 0.3) is 32.6 Å². The summed E-state index contributed by atoms with van der Waals surface area (Å²) in [5.41, 5.74) is 1.22. The van der Waals surface area contributed by atoms with E-state index in [9.17, 15) is 24.6 Å². The summed E-state index contributed by atoms with van der Waals surface area (Å²) in [5.74, 6) is -1.47. The highest BCUT2D eigenvalue weighted by Crippen LogP contribution is 2.27. The number of hydrogen-bond donors (Lipinski definition) is 4. The minimum atomic E-state index is -1.22. The molecular weight excluding hydrogens is 464 g/mol. The number of nitrogens with one attached hydrogen (secondary N) is 2. The van der Waals surface area contributed by atoms with Gasteiger partial charge in [-0.05, 0) is 54.3 Å². The predicted molar refractivity (Wildman–Crippen MR) is 133 cm³/mol. The Balaban J connectivity index is 1.32. The van der Waals surface area contributed by atoms with E-state index in [1.807, 2.05) is 12.1 Å². The number of phenols is 1. The fourth-order valence-corrected chi connectivity index (χ4v) is 4.24. The first-order valence-electron chi connectivity index (χ1n) is 11.2. The molecule has 0 aliphatic heterocycles. The first-order valence-corrected chi connectivity index (χ1v) is 11.2. The molecule has 0 aliphatic rings. The number of carboxylic acids is 1. The van der Waals surface area contributed by atoms with Crippen LogP contribution in [0, 0.1) is 0 Å². The van der Waals surface area contributed by atoms with Gasteiger partial charge in [0.05, 0.1) is 5.39 Å². The standard InChI is InChI=1S/C27H22N2O7/c1-14(35-17-7-8-19-18-4-2-3-5-20(18)27(34)36-24(19)12-17)25(31)29-23(26(32)33)10-15-13-28-22-9-6-16(30)11-21(15)22/h2-9,11-14,23,28,30H,10H2,1H3,(H,29,31)(H,32,33)/t14-,23+/m0/s1. The summed E-state index contributed by atoms with van der Waals surface area (Å²) in [7, 11) is 0. The lowest BCUT2D eigenvalue weighted by Crippen LogP contribution is -2.47. The van der Waals surface area contributed by atoms with Crippen LogP contribution in [0.2, 0.25) is 0 Å². The third kappa shape index (κ3) is 4.34. The second-order valence-corrected chi connectivity index (χ2v) is 8.50. The number of amides is 1. The second-order valence-electron chi connectivity index (χ2n) is 8.50. The van der Waals surface area contributed by atoms with E-state index in [-0.39, 0.29) is 12.2 Å². The number of carbonyl (C=O) groups is 2. The highest BCUT2D eigenvalue weighted by atomic mass is 16.5. The summed E-state index contributed by atoms with van der Waals surface area (Å²) in [5, 5.41) is 24.6. The van der Waals surface area contributed by atoms with E-state index >= 15 is 0 Å². The molecule has 182 valence electrons. The molecule has 0 aliphatic carbocycles. The van der Waals surface area contributed by atoms with Crippen molar-refractivity contribution >= 4 is 44.5 Å². The first kappa shape index (κ1) is 23.0. The minimum absolute atomic E-state index is 0.00541. The van der Waals surface area contributed by atoms with Gasteiger partial charge in [-0.1, -0.05) is 18.2 Å². The molecule has 0 spiro atoms. The van der Waals surface area contributed by atoms with E-state index in [1.165, 1.54) is 25.1 Å². The fourth-order valence-electron chi connectivity index (χ4n) is 4.24. The van der Waals surface area contributed by atoms with E-state index in [2.05, 4.69) is 10.3 Å². The number of ether oxygens (including phenoxy) is 1. The van der Waals surface area contributed by atoms with Crippen LogP contribution in [0.1, 0.15) is 12.5 Å². The van der Waals surface area contributed by atoms with Gasteiger partial charge < -0.3 is 29.7 Å². The highest BCUT2D eigenvalue weighted by Gasteiger charge is 2.25. The summed E-state index contributed by atoms with van der Waals surface area (Å²) in [4.78, 5) is 40.0. The maximum absolute atomic E-state index is 12.8. The molecule has 0 radical (unpaired) electrons. The zero-order chi connectivity index (χ0) is 25.4. The Hall–Kier alpha value is -4.79. The van der Waals surface area contributed by atoms with Crippen molar-refractivity contribution in [2.24, 2.45) is 0 Å². The quantitative estimate of drug-likeness (QED) is 0.203. The number of hydrogen-bond acceptors (Lipinski definition) is 6. The smallest absolute Gasteiger partial charge is 0.344 e. The van der Waals surface area contributed by atoms with Crippen LogP contribution in [0.15, 0.2) is 76.1 Å².